The number of hydrogen-bond donors (Lipinski definition) is 0. The van der Waals surface area contributed by atoms with Crippen molar-refractivity contribution in [1.82, 2.24) is 4.90 Å². The number of carbonyl (C=O) groups is 1. The molecule has 1 aliphatic rings. The maximum atomic E-state index is 12.0. The Labute approximate surface area is 146 Å². The average Bonchev–Trinajstić information content (AvgIpc) is 2.59. The van der Waals surface area contributed by atoms with E-state index in [-0.39, 0.29) is 5.97 Å². The number of carbonyl (C=O) groups excluding carboxylic acids is 1. The predicted molar refractivity (Wildman–Crippen MR) is 96.6 cm³/mol. The van der Waals surface area contributed by atoms with Crippen molar-refractivity contribution in [2.24, 2.45) is 5.92 Å². The lowest BCUT2D eigenvalue weighted by Gasteiger charge is -2.30. The van der Waals surface area contributed by atoms with Crippen LogP contribution >= 0.6 is 0 Å². The van der Waals surface area contributed by atoms with Crippen molar-refractivity contribution in [2.75, 3.05) is 32.8 Å². The zero-order valence-electron chi connectivity index (χ0n) is 15.1. The molecule has 0 bridgehead atoms. The Hall–Kier alpha value is -1.55. The molecule has 0 aliphatic carbocycles. The minimum Gasteiger partial charge on any atom is -0.494 e. The van der Waals surface area contributed by atoms with Crippen LogP contribution in [0.3, 0.4) is 0 Å². The molecular weight excluding hydrogens is 302 g/mol. The van der Waals surface area contributed by atoms with Crippen molar-refractivity contribution in [2.45, 2.75) is 46.0 Å². The van der Waals surface area contributed by atoms with E-state index in [0.717, 1.165) is 44.1 Å². The van der Waals surface area contributed by atoms with Gasteiger partial charge >= 0.3 is 5.97 Å². The fourth-order valence-corrected chi connectivity index (χ4v) is 3.05. The summed E-state index contributed by atoms with van der Waals surface area (Å²) < 4.78 is 11.0. The maximum absolute atomic E-state index is 12.0. The number of piperidine rings is 1. The first-order valence-electron chi connectivity index (χ1n) is 9.31. The highest BCUT2D eigenvalue weighted by atomic mass is 16.5. The average molecular weight is 333 g/mol. The zero-order valence-corrected chi connectivity index (χ0v) is 15.1. The van der Waals surface area contributed by atoms with Crippen LogP contribution in [-0.4, -0.2) is 43.7 Å². The second kappa shape index (κ2) is 10.3. The fourth-order valence-electron chi connectivity index (χ4n) is 3.05. The Morgan fingerprint density at radius 2 is 2.00 bits per heavy atom. The standard InChI is InChI=1S/C20H31NO3/c1-3-4-14-23-19-10-8-18(9-11-19)20(22)24-15-6-13-21-12-5-7-17(2)16-21/h8-11,17H,3-7,12-16H2,1-2H3. The smallest absolute Gasteiger partial charge is 0.338 e. The van der Waals surface area contributed by atoms with E-state index in [1.165, 1.54) is 25.9 Å². The van der Waals surface area contributed by atoms with Crippen molar-refractivity contribution < 1.29 is 14.3 Å². The number of likely N-dealkylation sites (tertiary alicyclic amines) is 1. The Balaban J connectivity index is 1.64. The third-order valence-electron chi connectivity index (χ3n) is 4.45. The molecule has 24 heavy (non-hydrogen) atoms. The van der Waals surface area contributed by atoms with Crippen LogP contribution in [0.1, 0.15) is 56.3 Å². The molecule has 1 unspecified atom stereocenters. The lowest BCUT2D eigenvalue weighted by atomic mass is 10.0. The molecule has 0 saturated carbocycles. The van der Waals surface area contributed by atoms with Gasteiger partial charge < -0.3 is 14.4 Å². The third-order valence-corrected chi connectivity index (χ3v) is 4.45. The summed E-state index contributed by atoms with van der Waals surface area (Å²) in [6.07, 6.45) is 5.67. The molecule has 1 atom stereocenters. The van der Waals surface area contributed by atoms with Gasteiger partial charge in [0.2, 0.25) is 0 Å². The first kappa shape index (κ1) is 18.8. The summed E-state index contributed by atoms with van der Waals surface area (Å²) in [6.45, 7) is 9.01. The molecule has 0 aromatic heterocycles. The van der Waals surface area contributed by atoms with Crippen molar-refractivity contribution in [3.8, 4) is 5.75 Å². The van der Waals surface area contributed by atoms with Crippen molar-refractivity contribution in [3.05, 3.63) is 29.8 Å². The highest BCUT2D eigenvalue weighted by molar-refractivity contribution is 5.89. The van der Waals surface area contributed by atoms with E-state index in [2.05, 4.69) is 18.7 Å². The van der Waals surface area contributed by atoms with Gasteiger partial charge in [-0.2, -0.15) is 0 Å². The number of esters is 1. The normalized spacial score (nSPS) is 18.3. The van der Waals surface area contributed by atoms with E-state index < -0.39 is 0 Å². The van der Waals surface area contributed by atoms with Gasteiger partial charge in [-0.1, -0.05) is 20.3 Å². The van der Waals surface area contributed by atoms with Gasteiger partial charge in [-0.15, -0.1) is 0 Å². The van der Waals surface area contributed by atoms with Gasteiger partial charge in [0.1, 0.15) is 5.75 Å². The van der Waals surface area contributed by atoms with Crippen LogP contribution in [0.5, 0.6) is 5.75 Å². The molecule has 1 heterocycles. The molecule has 134 valence electrons. The maximum Gasteiger partial charge on any atom is 0.338 e. The molecule has 1 saturated heterocycles. The first-order chi connectivity index (χ1) is 11.7. The third kappa shape index (κ3) is 6.52. The number of benzene rings is 1. The highest BCUT2D eigenvalue weighted by Gasteiger charge is 2.15. The summed E-state index contributed by atoms with van der Waals surface area (Å²) in [4.78, 5) is 14.5. The van der Waals surface area contributed by atoms with Gasteiger partial charge in [0.05, 0.1) is 18.8 Å². The van der Waals surface area contributed by atoms with Gasteiger partial charge in [0, 0.05) is 13.1 Å². The van der Waals surface area contributed by atoms with Gasteiger partial charge in [-0.05, 0) is 62.4 Å². The number of rotatable bonds is 9. The van der Waals surface area contributed by atoms with Crippen LogP contribution in [0.2, 0.25) is 0 Å². The SMILES string of the molecule is CCCCOc1ccc(C(=O)OCCCN2CCCC(C)C2)cc1. The van der Waals surface area contributed by atoms with E-state index in [1.807, 2.05) is 12.1 Å². The minimum absolute atomic E-state index is 0.248. The topological polar surface area (TPSA) is 38.8 Å². The monoisotopic (exact) mass is 333 g/mol. The molecule has 1 fully saturated rings. The Morgan fingerprint density at radius 1 is 1.21 bits per heavy atom. The van der Waals surface area contributed by atoms with Crippen LogP contribution in [0, 0.1) is 5.92 Å². The van der Waals surface area contributed by atoms with Crippen LogP contribution in [-0.2, 0) is 4.74 Å². The molecule has 4 heteroatoms. The van der Waals surface area contributed by atoms with E-state index in [0.29, 0.717) is 12.2 Å². The second-order valence-corrected chi connectivity index (χ2v) is 6.76. The first-order valence-corrected chi connectivity index (χ1v) is 9.31. The molecule has 0 N–H and O–H groups in total. The van der Waals surface area contributed by atoms with E-state index in [1.54, 1.807) is 12.1 Å². The summed E-state index contributed by atoms with van der Waals surface area (Å²) >= 11 is 0. The molecule has 0 spiro atoms. The van der Waals surface area contributed by atoms with Crippen LogP contribution in [0.15, 0.2) is 24.3 Å². The Kier molecular flexibility index (Phi) is 8.10. The number of unbranched alkanes of at least 4 members (excludes halogenated alkanes) is 1. The van der Waals surface area contributed by atoms with Crippen LogP contribution in [0.25, 0.3) is 0 Å². The van der Waals surface area contributed by atoms with E-state index in [9.17, 15) is 4.79 Å². The molecule has 1 aromatic carbocycles. The zero-order chi connectivity index (χ0) is 17.2. The summed E-state index contributed by atoms with van der Waals surface area (Å²) in [5, 5.41) is 0. The quantitative estimate of drug-likeness (QED) is 0.503. The van der Waals surface area contributed by atoms with Crippen LogP contribution < -0.4 is 4.74 Å². The number of hydrogen-bond acceptors (Lipinski definition) is 4. The van der Waals surface area contributed by atoms with Crippen molar-refractivity contribution in [1.29, 1.82) is 0 Å². The molecule has 1 aromatic rings. The van der Waals surface area contributed by atoms with Crippen molar-refractivity contribution >= 4 is 5.97 Å². The van der Waals surface area contributed by atoms with Gasteiger partial charge in [0.15, 0.2) is 0 Å². The minimum atomic E-state index is -0.248. The highest BCUT2D eigenvalue weighted by Crippen LogP contribution is 2.16. The fraction of sp³-hybridized carbons (Fsp3) is 0.650. The van der Waals surface area contributed by atoms with Crippen LogP contribution in [0.4, 0.5) is 0 Å². The predicted octanol–water partition coefficient (Wildman–Crippen LogP) is 4.14. The summed E-state index contributed by atoms with van der Waals surface area (Å²) in [5.74, 6) is 1.35. The summed E-state index contributed by atoms with van der Waals surface area (Å²) in [5.41, 5.74) is 0.587. The molecule has 0 amide bonds. The lowest BCUT2D eigenvalue weighted by Crippen LogP contribution is -2.35. The Bertz CT molecular complexity index is 486. The number of ether oxygens (including phenoxy) is 2. The Morgan fingerprint density at radius 3 is 2.71 bits per heavy atom. The lowest BCUT2D eigenvalue weighted by molar-refractivity contribution is 0.0481. The largest absolute Gasteiger partial charge is 0.494 e. The van der Waals surface area contributed by atoms with E-state index >= 15 is 0 Å². The summed E-state index contributed by atoms with van der Waals surface area (Å²) in [6, 6.07) is 7.22. The molecule has 2 rings (SSSR count). The molecule has 1 aliphatic heterocycles. The second-order valence-electron chi connectivity index (χ2n) is 6.76. The van der Waals surface area contributed by atoms with Gasteiger partial charge in [0.25, 0.3) is 0 Å². The molecule has 4 nitrogen and oxygen atoms in total. The molecule has 0 radical (unpaired) electrons. The molecular formula is C20H31NO3. The summed E-state index contributed by atoms with van der Waals surface area (Å²) in [7, 11) is 0. The van der Waals surface area contributed by atoms with Crippen molar-refractivity contribution in [3.63, 3.8) is 0 Å². The van der Waals surface area contributed by atoms with Gasteiger partial charge in [-0.25, -0.2) is 4.79 Å². The van der Waals surface area contributed by atoms with E-state index in [4.69, 9.17) is 9.47 Å². The van der Waals surface area contributed by atoms with Gasteiger partial charge in [-0.3, -0.25) is 0 Å². The number of nitrogens with zero attached hydrogens (tertiary/aromatic N) is 1.